The molecule has 0 saturated heterocycles. The van der Waals surface area contributed by atoms with Crippen molar-refractivity contribution in [3.63, 3.8) is 0 Å². The summed E-state index contributed by atoms with van der Waals surface area (Å²) in [6.45, 7) is 27.8. The maximum atomic E-state index is 6.98. The first-order chi connectivity index (χ1) is 19.0. The van der Waals surface area contributed by atoms with E-state index in [0.29, 0.717) is 5.95 Å². The molecular formula is C37H56O3Si. The van der Waals surface area contributed by atoms with Crippen molar-refractivity contribution in [2.45, 2.75) is 125 Å². The summed E-state index contributed by atoms with van der Waals surface area (Å²) in [7, 11) is -0.221. The van der Waals surface area contributed by atoms with Crippen LogP contribution in [0.3, 0.4) is 0 Å². The summed E-state index contributed by atoms with van der Waals surface area (Å²) in [6, 6.07) is 17.9. The summed E-state index contributed by atoms with van der Waals surface area (Å²) >= 11 is 0. The van der Waals surface area contributed by atoms with Crippen LogP contribution in [0.15, 0.2) is 52.9 Å². The Hall–Kier alpha value is -2.30. The SMILES string of the molecule is CCC(CC)(c1ccc(CCC(O[Si](C)(C)C(C)(C)C)C(C)(C)C)c(C)c1)c1ccc(-c2ccc(OC)o2)c(C)c1. The molecule has 0 spiro atoms. The van der Waals surface area contributed by atoms with Gasteiger partial charge in [-0.1, -0.05) is 91.8 Å². The Morgan fingerprint density at radius 1 is 0.805 bits per heavy atom. The fourth-order valence-electron chi connectivity index (χ4n) is 5.81. The first kappa shape index (κ1) is 33.2. The quantitative estimate of drug-likeness (QED) is 0.213. The lowest BCUT2D eigenvalue weighted by molar-refractivity contribution is 0.0657. The van der Waals surface area contributed by atoms with Crippen LogP contribution in [0.4, 0.5) is 0 Å². The molecule has 3 nitrogen and oxygen atoms in total. The molecule has 0 aliphatic rings. The molecule has 0 bridgehead atoms. The minimum atomic E-state index is -1.85. The van der Waals surface area contributed by atoms with E-state index >= 15 is 0 Å². The van der Waals surface area contributed by atoms with Gasteiger partial charge in [0, 0.05) is 17.0 Å². The lowest BCUT2D eigenvalue weighted by atomic mass is 9.69. The predicted molar refractivity (Wildman–Crippen MR) is 178 cm³/mol. The topological polar surface area (TPSA) is 31.6 Å². The highest BCUT2D eigenvalue weighted by atomic mass is 28.4. The van der Waals surface area contributed by atoms with Gasteiger partial charge in [-0.2, -0.15) is 0 Å². The van der Waals surface area contributed by atoms with E-state index in [1.165, 1.54) is 27.8 Å². The van der Waals surface area contributed by atoms with Gasteiger partial charge in [0.2, 0.25) is 0 Å². The maximum Gasteiger partial charge on any atom is 0.284 e. The lowest BCUT2D eigenvalue weighted by Gasteiger charge is -2.43. The summed E-state index contributed by atoms with van der Waals surface area (Å²) < 4.78 is 18.1. The van der Waals surface area contributed by atoms with E-state index in [0.717, 1.165) is 37.0 Å². The molecule has 4 heteroatoms. The van der Waals surface area contributed by atoms with E-state index in [9.17, 15) is 0 Å². The molecule has 41 heavy (non-hydrogen) atoms. The van der Waals surface area contributed by atoms with E-state index < -0.39 is 8.32 Å². The zero-order chi connectivity index (χ0) is 30.8. The predicted octanol–water partition coefficient (Wildman–Crippen LogP) is 11.0. The summed E-state index contributed by atoms with van der Waals surface area (Å²) in [5, 5.41) is 0.207. The molecule has 0 saturated carbocycles. The molecule has 1 unspecified atom stereocenters. The van der Waals surface area contributed by atoms with Gasteiger partial charge in [0.05, 0.1) is 13.2 Å². The Kier molecular flexibility index (Phi) is 10.1. The van der Waals surface area contributed by atoms with Crippen molar-refractivity contribution in [2.24, 2.45) is 5.41 Å². The molecule has 0 aliphatic carbocycles. The molecule has 3 aromatic rings. The van der Waals surface area contributed by atoms with Crippen LogP contribution in [0.1, 0.15) is 102 Å². The second-order valence-electron chi connectivity index (χ2n) is 14.6. The van der Waals surface area contributed by atoms with Crippen LogP contribution in [0.2, 0.25) is 18.1 Å². The number of hydrogen-bond donors (Lipinski definition) is 0. The lowest BCUT2D eigenvalue weighted by Crippen LogP contribution is -2.47. The van der Waals surface area contributed by atoms with Gasteiger partial charge >= 0.3 is 0 Å². The molecular weight excluding hydrogens is 520 g/mol. The zero-order valence-electron chi connectivity index (χ0n) is 28.2. The molecule has 226 valence electrons. The average Bonchev–Trinajstić information content (AvgIpc) is 3.36. The smallest absolute Gasteiger partial charge is 0.284 e. The van der Waals surface area contributed by atoms with Gasteiger partial charge in [-0.3, -0.25) is 0 Å². The third kappa shape index (κ3) is 7.20. The normalized spacial score (nSPS) is 13.9. The van der Waals surface area contributed by atoms with Crippen molar-refractivity contribution < 1.29 is 13.6 Å². The molecule has 0 aliphatic heterocycles. The Labute approximate surface area is 252 Å². The van der Waals surface area contributed by atoms with Crippen LogP contribution in [-0.2, 0) is 16.3 Å². The van der Waals surface area contributed by atoms with Crippen molar-refractivity contribution >= 4 is 8.32 Å². The highest BCUT2D eigenvalue weighted by molar-refractivity contribution is 6.74. The minimum absolute atomic E-state index is 0.0349. The van der Waals surface area contributed by atoms with E-state index in [4.69, 9.17) is 13.6 Å². The molecule has 0 N–H and O–H groups in total. The highest BCUT2D eigenvalue weighted by Gasteiger charge is 2.41. The highest BCUT2D eigenvalue weighted by Crippen LogP contribution is 2.43. The molecule has 0 radical (unpaired) electrons. The van der Waals surface area contributed by atoms with Crippen LogP contribution in [0.25, 0.3) is 11.3 Å². The monoisotopic (exact) mass is 576 g/mol. The zero-order valence-corrected chi connectivity index (χ0v) is 29.2. The van der Waals surface area contributed by atoms with Crippen LogP contribution in [0.5, 0.6) is 5.95 Å². The third-order valence-corrected chi connectivity index (χ3v) is 14.3. The van der Waals surface area contributed by atoms with E-state index in [2.05, 4.69) is 119 Å². The van der Waals surface area contributed by atoms with E-state index in [-0.39, 0.29) is 22.0 Å². The number of methoxy groups -OCH3 is 1. The molecule has 2 aromatic carbocycles. The summed E-state index contributed by atoms with van der Waals surface area (Å²) in [6.07, 6.45) is 4.41. The largest absolute Gasteiger partial charge is 0.468 e. The van der Waals surface area contributed by atoms with E-state index in [1.54, 1.807) is 7.11 Å². The molecule has 1 atom stereocenters. The van der Waals surface area contributed by atoms with Gasteiger partial charge in [-0.15, -0.1) is 0 Å². The summed E-state index contributed by atoms with van der Waals surface area (Å²) in [5.41, 5.74) is 7.98. The van der Waals surface area contributed by atoms with Gasteiger partial charge in [-0.25, -0.2) is 0 Å². The Bertz CT molecular complexity index is 1300. The van der Waals surface area contributed by atoms with Crippen molar-refractivity contribution in [2.75, 3.05) is 7.11 Å². The first-order valence-electron chi connectivity index (χ1n) is 15.5. The van der Waals surface area contributed by atoms with Crippen molar-refractivity contribution in [1.82, 2.24) is 0 Å². The molecule has 0 fully saturated rings. The van der Waals surface area contributed by atoms with Crippen LogP contribution in [-0.4, -0.2) is 21.5 Å². The number of ether oxygens (including phenoxy) is 1. The number of aryl methyl sites for hydroxylation is 3. The van der Waals surface area contributed by atoms with Crippen molar-refractivity contribution in [1.29, 1.82) is 0 Å². The van der Waals surface area contributed by atoms with Gasteiger partial charge < -0.3 is 13.6 Å². The standard InChI is InChI=1S/C37H56O3Si/c1-14-37(15-2,30-19-20-31(27(4)25-30)32-21-23-34(38-11)39-32)29-18-16-28(26(3)24-29)17-22-33(35(5,6)7)40-41(12,13)36(8,9)10/h16,18-21,23-25,33H,14-15,17,22H2,1-13H3. The first-order valence-corrected chi connectivity index (χ1v) is 18.4. The minimum Gasteiger partial charge on any atom is -0.468 e. The van der Waals surface area contributed by atoms with Crippen molar-refractivity contribution in [3.05, 3.63) is 76.3 Å². The van der Waals surface area contributed by atoms with Gasteiger partial charge in [-0.05, 0) is 97.0 Å². The molecule has 1 heterocycles. The Morgan fingerprint density at radius 2 is 1.39 bits per heavy atom. The Morgan fingerprint density at radius 3 is 1.85 bits per heavy atom. The second-order valence-corrected chi connectivity index (χ2v) is 19.3. The Balaban J connectivity index is 1.89. The van der Waals surface area contributed by atoms with Crippen LogP contribution in [0, 0.1) is 19.3 Å². The van der Waals surface area contributed by atoms with Gasteiger partial charge in [0.15, 0.2) is 8.32 Å². The summed E-state index contributed by atoms with van der Waals surface area (Å²) in [4.78, 5) is 0. The fourth-order valence-corrected chi connectivity index (χ4v) is 7.34. The summed E-state index contributed by atoms with van der Waals surface area (Å²) in [5.74, 6) is 1.38. The molecule has 3 rings (SSSR count). The van der Waals surface area contributed by atoms with Crippen LogP contribution < -0.4 is 4.74 Å². The van der Waals surface area contributed by atoms with Gasteiger partial charge in [0.25, 0.3) is 5.95 Å². The van der Waals surface area contributed by atoms with Crippen molar-refractivity contribution in [3.8, 4) is 17.3 Å². The third-order valence-electron chi connectivity index (χ3n) is 9.81. The van der Waals surface area contributed by atoms with Gasteiger partial charge in [0.1, 0.15) is 5.76 Å². The number of benzene rings is 2. The number of furan rings is 1. The fraction of sp³-hybridized carbons (Fsp3) is 0.568. The second kappa shape index (κ2) is 12.5. The maximum absolute atomic E-state index is 6.98. The van der Waals surface area contributed by atoms with Crippen LogP contribution >= 0.6 is 0 Å². The molecule has 1 aromatic heterocycles. The molecule has 0 amide bonds. The number of rotatable bonds is 11. The number of hydrogen-bond acceptors (Lipinski definition) is 3. The average molecular weight is 577 g/mol. The van der Waals surface area contributed by atoms with E-state index in [1.807, 2.05) is 12.1 Å².